The summed E-state index contributed by atoms with van der Waals surface area (Å²) in [4.78, 5) is 59.2. The fourth-order valence-corrected chi connectivity index (χ4v) is 6.28. The minimum absolute atomic E-state index is 0. The maximum Gasteiger partial charge on any atom is 0.323 e. The van der Waals surface area contributed by atoms with Crippen molar-refractivity contribution >= 4 is 52.1 Å². The number of aromatic nitrogens is 5. The van der Waals surface area contributed by atoms with E-state index in [-0.39, 0.29) is 42.3 Å². The number of rotatable bonds is 8. The van der Waals surface area contributed by atoms with Gasteiger partial charge in [-0.25, -0.2) is 19.7 Å². The fourth-order valence-electron chi connectivity index (χ4n) is 6.28. The van der Waals surface area contributed by atoms with E-state index in [4.69, 9.17) is 16.5 Å². The molecule has 6 rings (SSSR count). The van der Waals surface area contributed by atoms with Gasteiger partial charge in [-0.3, -0.25) is 9.59 Å². The summed E-state index contributed by atoms with van der Waals surface area (Å²) in [6.07, 6.45) is 3.27. The number of anilines is 1. The van der Waals surface area contributed by atoms with Crippen molar-refractivity contribution in [2.75, 3.05) is 11.4 Å². The van der Waals surface area contributed by atoms with Crippen molar-refractivity contribution in [3.05, 3.63) is 76.0 Å². The fraction of sp³-hybridized carbons (Fsp3) is 0.382. The molecule has 1 saturated carbocycles. The number of halogens is 1. The first-order chi connectivity index (χ1) is 21.6. The molecule has 12 heteroatoms. The molecule has 0 saturated heterocycles. The molecule has 46 heavy (non-hydrogen) atoms. The Hall–Kier alpha value is -4.32. The molecule has 0 unspecified atom stereocenters. The third-order valence-corrected chi connectivity index (χ3v) is 8.96. The number of amides is 2. The summed E-state index contributed by atoms with van der Waals surface area (Å²) in [6, 6.07) is 13.9. The minimum atomic E-state index is -0.961. The maximum absolute atomic E-state index is 14.0. The van der Waals surface area contributed by atoms with Gasteiger partial charge in [0, 0.05) is 17.4 Å². The molecule has 1 atom stereocenters. The lowest BCUT2D eigenvalue weighted by Crippen LogP contribution is -2.50. The van der Waals surface area contributed by atoms with E-state index in [1.165, 1.54) is 4.90 Å². The molecule has 2 aromatic carbocycles. The number of H-pyrrole nitrogens is 3. The Kier molecular flexibility index (Phi) is 9.76. The molecular formula is C34H41ClN8O3. The molecule has 1 fully saturated rings. The van der Waals surface area contributed by atoms with E-state index in [0.29, 0.717) is 42.0 Å². The van der Waals surface area contributed by atoms with Crippen LogP contribution in [0.5, 0.6) is 0 Å². The molecule has 5 aromatic rings. The van der Waals surface area contributed by atoms with Crippen molar-refractivity contribution in [2.24, 2.45) is 23.3 Å². The maximum atomic E-state index is 14.0. The highest BCUT2D eigenvalue weighted by Crippen LogP contribution is 2.32. The van der Waals surface area contributed by atoms with Crippen LogP contribution in [0.1, 0.15) is 62.4 Å². The summed E-state index contributed by atoms with van der Waals surface area (Å²) in [6.45, 7) is 6.79. The number of benzene rings is 2. The number of aromatic amines is 3. The number of imidazole rings is 2. The van der Waals surface area contributed by atoms with Crippen LogP contribution in [0, 0.1) is 18.8 Å². The number of nitrogens with two attached hydrogens (primary N) is 2. The molecule has 0 radical (unpaired) electrons. The van der Waals surface area contributed by atoms with E-state index in [0.717, 1.165) is 52.2 Å². The Morgan fingerprint density at radius 1 is 0.957 bits per heavy atom. The number of carbonyl (C=O) groups excluding carboxylic acids is 2. The molecule has 3 aromatic heterocycles. The quantitative estimate of drug-likeness (QED) is 0.160. The second kappa shape index (κ2) is 13.6. The molecule has 242 valence electrons. The smallest absolute Gasteiger partial charge is 0.323 e. The lowest BCUT2D eigenvalue weighted by molar-refractivity contribution is -0.130. The van der Waals surface area contributed by atoms with Gasteiger partial charge < -0.3 is 26.4 Å². The highest BCUT2D eigenvalue weighted by molar-refractivity contribution is 6.17. The highest BCUT2D eigenvalue weighted by atomic mass is 35.5. The predicted molar refractivity (Wildman–Crippen MR) is 183 cm³/mol. The molecule has 1 aliphatic carbocycles. The first-order valence-electron chi connectivity index (χ1n) is 15.6. The van der Waals surface area contributed by atoms with Crippen LogP contribution in [0.15, 0.2) is 53.3 Å². The van der Waals surface area contributed by atoms with Crippen molar-refractivity contribution in [1.82, 2.24) is 24.9 Å². The van der Waals surface area contributed by atoms with Crippen LogP contribution in [0.2, 0.25) is 0 Å². The van der Waals surface area contributed by atoms with Crippen molar-refractivity contribution in [2.45, 2.75) is 64.8 Å². The lowest BCUT2D eigenvalue weighted by atomic mass is 9.81. The van der Waals surface area contributed by atoms with E-state index in [1.807, 2.05) is 37.3 Å². The highest BCUT2D eigenvalue weighted by Gasteiger charge is 2.35. The van der Waals surface area contributed by atoms with Crippen molar-refractivity contribution < 1.29 is 9.59 Å². The van der Waals surface area contributed by atoms with Gasteiger partial charge in [0.2, 0.25) is 5.91 Å². The summed E-state index contributed by atoms with van der Waals surface area (Å²) in [5, 5.41) is 0. The van der Waals surface area contributed by atoms with Crippen LogP contribution in [-0.4, -0.2) is 49.3 Å². The van der Waals surface area contributed by atoms with Crippen LogP contribution >= 0.6 is 12.4 Å². The Balaban J connectivity index is 0.00000417. The number of nitrogens with zero attached hydrogens (tertiary/aromatic N) is 3. The van der Waals surface area contributed by atoms with E-state index in [1.54, 1.807) is 18.2 Å². The number of fused-ring (bicyclic) bond motifs is 2. The van der Waals surface area contributed by atoms with Gasteiger partial charge in [0.15, 0.2) is 5.65 Å². The van der Waals surface area contributed by atoms with Crippen LogP contribution in [0.25, 0.3) is 33.5 Å². The summed E-state index contributed by atoms with van der Waals surface area (Å²) in [5.41, 5.74) is 18.8. The van der Waals surface area contributed by atoms with Crippen LogP contribution < -0.4 is 22.1 Å². The van der Waals surface area contributed by atoms with Crippen molar-refractivity contribution in [1.29, 1.82) is 0 Å². The summed E-state index contributed by atoms with van der Waals surface area (Å²) in [5.74, 6) is 0.513. The molecule has 0 spiro atoms. The number of carbonyl (C=O) groups is 2. The average Bonchev–Trinajstić information content (AvgIpc) is 3.63. The van der Waals surface area contributed by atoms with Gasteiger partial charge >= 0.3 is 5.69 Å². The van der Waals surface area contributed by atoms with E-state index in [2.05, 4.69) is 33.8 Å². The zero-order valence-electron chi connectivity index (χ0n) is 26.3. The molecule has 0 bridgehead atoms. The normalized spacial score (nSPS) is 17.3. The molecule has 3 heterocycles. The Morgan fingerprint density at radius 3 is 2.33 bits per heavy atom. The van der Waals surface area contributed by atoms with Crippen molar-refractivity contribution in [3.63, 3.8) is 0 Å². The number of pyridine rings is 1. The molecule has 11 nitrogen and oxygen atoms in total. The predicted octanol–water partition coefficient (Wildman–Crippen LogP) is 4.84. The zero-order chi connectivity index (χ0) is 31.8. The molecule has 2 amide bonds. The average molecular weight is 645 g/mol. The van der Waals surface area contributed by atoms with Gasteiger partial charge in [0.25, 0.3) is 5.91 Å². The number of aryl methyl sites for hydroxylation is 1. The first kappa shape index (κ1) is 33.1. The zero-order valence-corrected chi connectivity index (χ0v) is 27.1. The molecular weight excluding hydrogens is 604 g/mol. The number of imide groups is 1. The summed E-state index contributed by atoms with van der Waals surface area (Å²) >= 11 is 0. The topological polar surface area (TPSA) is 180 Å². The molecule has 1 aliphatic rings. The summed E-state index contributed by atoms with van der Waals surface area (Å²) in [7, 11) is 0. The Morgan fingerprint density at radius 2 is 1.65 bits per heavy atom. The van der Waals surface area contributed by atoms with Gasteiger partial charge in [0.1, 0.15) is 11.3 Å². The second-order valence-electron chi connectivity index (χ2n) is 12.6. The molecule has 7 N–H and O–H groups in total. The number of nitrogens with one attached hydrogen (secondary N) is 3. The van der Waals surface area contributed by atoms with Gasteiger partial charge in [-0.2, -0.15) is 0 Å². The van der Waals surface area contributed by atoms with Gasteiger partial charge in [-0.05, 0) is 86.9 Å². The van der Waals surface area contributed by atoms with E-state index in [9.17, 15) is 14.4 Å². The van der Waals surface area contributed by atoms with Gasteiger partial charge in [-0.1, -0.05) is 38.1 Å². The Bertz CT molecular complexity index is 1920. The minimum Gasteiger partial charge on any atom is -0.330 e. The van der Waals surface area contributed by atoms with Crippen LogP contribution in [-0.2, 0) is 16.0 Å². The van der Waals surface area contributed by atoms with Gasteiger partial charge in [0.05, 0.1) is 28.5 Å². The first-order valence-corrected chi connectivity index (χ1v) is 15.6. The largest absolute Gasteiger partial charge is 0.330 e. The molecule has 0 aliphatic heterocycles. The van der Waals surface area contributed by atoms with E-state index < -0.39 is 11.9 Å². The summed E-state index contributed by atoms with van der Waals surface area (Å²) < 4.78 is 0. The van der Waals surface area contributed by atoms with Crippen LogP contribution in [0.4, 0.5) is 5.69 Å². The third-order valence-electron chi connectivity index (χ3n) is 8.96. The standard InChI is InChI=1S/C34H40N8O3.ClH/c1-18(2)30-37-28-14-19(3)29(40-31(28)41-30)22-8-4-20(5-9-22)15-25(36)33(44)42(32(43)23-10-6-21(17-35)7-11-23)24-12-13-26-27(16-24)39-34(45)38-26;/h4-5,8-9,12-14,16,18,21,23,25H,6-7,10-11,15,17,35-36H2,1-3H3,(H,37,40,41)(H2,38,39,45);1H/t21-,23-,25-;/m0./s1. The van der Waals surface area contributed by atoms with Gasteiger partial charge in [-0.15, -0.1) is 12.4 Å². The van der Waals surface area contributed by atoms with Crippen LogP contribution in [0.3, 0.4) is 0 Å². The second-order valence-corrected chi connectivity index (χ2v) is 12.6. The number of hydrogen-bond donors (Lipinski definition) is 5. The monoisotopic (exact) mass is 644 g/mol. The van der Waals surface area contributed by atoms with E-state index >= 15 is 0 Å². The SMILES string of the molecule is Cc1cc2nc(C(C)C)[nH]c2nc1-c1ccc(C[C@H](N)C(=O)N(c2ccc3[nH]c(=O)[nH]c3c2)C(=O)[C@H]2CC[C@H](CN)CC2)cc1.Cl. The third kappa shape index (κ3) is 6.62. The van der Waals surface area contributed by atoms with Crippen molar-refractivity contribution in [3.8, 4) is 11.3 Å². The lowest BCUT2D eigenvalue weighted by Gasteiger charge is -2.32. The number of hydrogen-bond acceptors (Lipinski definition) is 7. The Labute approximate surface area is 273 Å².